The minimum absolute atomic E-state index is 0.0271. The van der Waals surface area contributed by atoms with Gasteiger partial charge in [-0.25, -0.2) is 4.79 Å². The van der Waals surface area contributed by atoms with E-state index in [2.05, 4.69) is 0 Å². The van der Waals surface area contributed by atoms with E-state index in [-0.39, 0.29) is 37.9 Å². The Morgan fingerprint density at radius 1 is 0.966 bits per heavy atom. The average molecular weight is 398 g/mol. The van der Waals surface area contributed by atoms with Gasteiger partial charge in [0.2, 0.25) is 5.60 Å². The van der Waals surface area contributed by atoms with E-state index in [0.29, 0.717) is 0 Å². The molecule has 0 aliphatic heterocycles. The van der Waals surface area contributed by atoms with E-state index in [1.807, 2.05) is 86.6 Å². The first kappa shape index (κ1) is 22.8. The van der Waals surface area contributed by atoms with Crippen LogP contribution in [0.1, 0.15) is 31.4 Å². The van der Waals surface area contributed by atoms with Gasteiger partial charge in [-0.3, -0.25) is 4.79 Å². The zero-order valence-electron chi connectivity index (χ0n) is 17.8. The van der Waals surface area contributed by atoms with Crippen molar-refractivity contribution in [3.8, 4) is 0 Å². The summed E-state index contributed by atoms with van der Waals surface area (Å²) in [5.41, 5.74) is 0.0705. The molecule has 0 N–H and O–H groups in total. The summed E-state index contributed by atoms with van der Waals surface area (Å²) >= 11 is 0. The lowest BCUT2D eigenvalue weighted by Gasteiger charge is -2.31. The van der Waals surface area contributed by atoms with Crippen LogP contribution in [-0.2, 0) is 32.1 Å². The molecule has 5 heteroatoms. The van der Waals surface area contributed by atoms with E-state index >= 15 is 0 Å². The standard InChI is InChI=1S/C24H31NO4/c1-5-22(26)24(16-20-12-8-6-9-13-20,23(27)28-17-19(2)25(3)4)29-18-21-14-10-7-11-15-21/h6-15,19H,5,16-18H2,1-4H3. The fourth-order valence-corrected chi connectivity index (χ4v) is 2.89. The van der Waals surface area contributed by atoms with E-state index < -0.39 is 11.6 Å². The van der Waals surface area contributed by atoms with Gasteiger partial charge in [0.1, 0.15) is 6.61 Å². The Morgan fingerprint density at radius 3 is 2.03 bits per heavy atom. The van der Waals surface area contributed by atoms with Gasteiger partial charge in [-0.1, -0.05) is 67.6 Å². The molecule has 2 rings (SSSR count). The molecule has 0 fully saturated rings. The second-order valence-corrected chi connectivity index (χ2v) is 7.45. The number of ether oxygens (including phenoxy) is 2. The van der Waals surface area contributed by atoms with Gasteiger partial charge in [-0.05, 0) is 32.1 Å². The number of nitrogens with zero attached hydrogens (tertiary/aromatic N) is 1. The zero-order valence-corrected chi connectivity index (χ0v) is 17.8. The number of likely N-dealkylation sites (N-methyl/N-ethyl adjacent to an activating group) is 1. The number of benzene rings is 2. The van der Waals surface area contributed by atoms with Crippen LogP contribution in [0.3, 0.4) is 0 Å². The van der Waals surface area contributed by atoms with Crippen LogP contribution in [0.15, 0.2) is 60.7 Å². The second-order valence-electron chi connectivity index (χ2n) is 7.45. The summed E-state index contributed by atoms with van der Waals surface area (Å²) in [7, 11) is 3.83. The topological polar surface area (TPSA) is 55.8 Å². The molecule has 2 aromatic rings. The molecule has 0 amide bonds. The van der Waals surface area contributed by atoms with Crippen LogP contribution in [0.5, 0.6) is 0 Å². The third-order valence-corrected chi connectivity index (χ3v) is 5.06. The summed E-state index contributed by atoms with van der Waals surface area (Å²) in [6.45, 7) is 4.04. The number of Topliss-reactive ketones (excluding diaryl/α,β-unsaturated/α-hetero) is 1. The maximum atomic E-state index is 13.2. The number of carbonyl (C=O) groups is 2. The second kappa shape index (κ2) is 10.9. The maximum absolute atomic E-state index is 13.2. The van der Waals surface area contributed by atoms with Crippen LogP contribution in [0.2, 0.25) is 0 Å². The first-order valence-electron chi connectivity index (χ1n) is 9.97. The van der Waals surface area contributed by atoms with Crippen molar-refractivity contribution in [2.24, 2.45) is 0 Å². The van der Waals surface area contributed by atoms with E-state index in [4.69, 9.17) is 9.47 Å². The van der Waals surface area contributed by atoms with Crippen molar-refractivity contribution in [3.63, 3.8) is 0 Å². The van der Waals surface area contributed by atoms with E-state index in [0.717, 1.165) is 11.1 Å². The van der Waals surface area contributed by atoms with Gasteiger partial charge in [0, 0.05) is 18.9 Å². The highest BCUT2D eigenvalue weighted by atomic mass is 16.6. The molecule has 0 saturated heterocycles. The Morgan fingerprint density at radius 2 is 1.52 bits per heavy atom. The molecule has 156 valence electrons. The smallest absolute Gasteiger partial charge is 0.346 e. The van der Waals surface area contributed by atoms with Crippen molar-refractivity contribution in [2.75, 3.05) is 20.7 Å². The molecule has 5 nitrogen and oxygen atoms in total. The van der Waals surface area contributed by atoms with Crippen molar-refractivity contribution in [2.45, 2.75) is 44.9 Å². The Kier molecular flexibility index (Phi) is 8.55. The van der Waals surface area contributed by atoms with Crippen LogP contribution in [-0.4, -0.2) is 49.0 Å². The van der Waals surface area contributed by atoms with E-state index in [1.165, 1.54) is 0 Å². The van der Waals surface area contributed by atoms with E-state index in [1.54, 1.807) is 6.92 Å². The molecule has 0 aliphatic rings. The van der Waals surface area contributed by atoms with Crippen molar-refractivity contribution in [3.05, 3.63) is 71.8 Å². The fraction of sp³-hybridized carbons (Fsp3) is 0.417. The first-order valence-corrected chi connectivity index (χ1v) is 9.97. The third kappa shape index (κ3) is 6.24. The molecule has 0 heterocycles. The SMILES string of the molecule is CCC(=O)C(Cc1ccccc1)(OCc1ccccc1)C(=O)OCC(C)N(C)C. The molecular weight excluding hydrogens is 366 g/mol. The summed E-state index contributed by atoms with van der Waals surface area (Å²) in [5.74, 6) is -0.905. The highest BCUT2D eigenvalue weighted by Gasteiger charge is 2.47. The summed E-state index contributed by atoms with van der Waals surface area (Å²) in [6.07, 6.45) is 0.322. The molecule has 0 aliphatic carbocycles. The van der Waals surface area contributed by atoms with Crippen LogP contribution in [0, 0.1) is 0 Å². The zero-order chi connectivity index (χ0) is 21.3. The lowest BCUT2D eigenvalue weighted by Crippen LogP contribution is -2.52. The Hall–Kier alpha value is -2.50. The number of rotatable bonds is 11. The number of carbonyl (C=O) groups excluding carboxylic acids is 2. The highest BCUT2D eigenvalue weighted by Crippen LogP contribution is 2.25. The van der Waals surface area contributed by atoms with Crippen LogP contribution in [0.25, 0.3) is 0 Å². The Labute approximate surface area is 173 Å². The monoisotopic (exact) mass is 397 g/mol. The quantitative estimate of drug-likeness (QED) is 0.428. The molecule has 0 aromatic heterocycles. The predicted molar refractivity (Wildman–Crippen MR) is 114 cm³/mol. The average Bonchev–Trinajstić information content (AvgIpc) is 2.75. The fourth-order valence-electron chi connectivity index (χ4n) is 2.89. The molecule has 2 unspecified atom stereocenters. The number of hydrogen-bond donors (Lipinski definition) is 0. The van der Waals surface area contributed by atoms with E-state index in [9.17, 15) is 9.59 Å². The molecule has 0 bridgehead atoms. The van der Waals surface area contributed by atoms with Gasteiger partial charge >= 0.3 is 5.97 Å². The van der Waals surface area contributed by atoms with Gasteiger partial charge in [0.25, 0.3) is 0 Å². The Bertz CT molecular complexity index is 776. The van der Waals surface area contributed by atoms with Gasteiger partial charge < -0.3 is 14.4 Å². The summed E-state index contributed by atoms with van der Waals surface area (Å²) in [4.78, 5) is 28.2. The lowest BCUT2D eigenvalue weighted by atomic mass is 9.88. The maximum Gasteiger partial charge on any atom is 0.346 e. The lowest BCUT2D eigenvalue weighted by molar-refractivity contribution is -0.180. The number of ketones is 1. The molecule has 0 radical (unpaired) electrons. The van der Waals surface area contributed by atoms with Gasteiger partial charge in [-0.15, -0.1) is 0 Å². The summed E-state index contributed by atoms with van der Waals surface area (Å²) in [5, 5.41) is 0. The molecule has 29 heavy (non-hydrogen) atoms. The number of hydrogen-bond acceptors (Lipinski definition) is 5. The minimum Gasteiger partial charge on any atom is -0.462 e. The van der Waals surface area contributed by atoms with Gasteiger partial charge in [0.15, 0.2) is 5.78 Å². The Balaban J connectivity index is 2.32. The minimum atomic E-state index is -1.67. The summed E-state index contributed by atoms with van der Waals surface area (Å²) in [6, 6.07) is 19.0. The normalized spacial score (nSPS) is 14.2. The predicted octanol–water partition coefficient (Wildman–Crippen LogP) is 3.66. The van der Waals surface area contributed by atoms with Crippen LogP contribution >= 0.6 is 0 Å². The van der Waals surface area contributed by atoms with Crippen LogP contribution < -0.4 is 0 Å². The van der Waals surface area contributed by atoms with Gasteiger partial charge in [0.05, 0.1) is 6.61 Å². The van der Waals surface area contributed by atoms with Crippen LogP contribution in [0.4, 0.5) is 0 Å². The van der Waals surface area contributed by atoms with Crippen molar-refractivity contribution < 1.29 is 19.1 Å². The van der Waals surface area contributed by atoms with Gasteiger partial charge in [-0.2, -0.15) is 0 Å². The summed E-state index contributed by atoms with van der Waals surface area (Å²) < 4.78 is 11.7. The van der Waals surface area contributed by atoms with Crippen molar-refractivity contribution in [1.82, 2.24) is 4.90 Å². The van der Waals surface area contributed by atoms with Crippen molar-refractivity contribution >= 4 is 11.8 Å². The molecule has 2 atom stereocenters. The first-order chi connectivity index (χ1) is 13.9. The highest BCUT2D eigenvalue weighted by molar-refractivity contribution is 6.07. The third-order valence-electron chi connectivity index (χ3n) is 5.06. The van der Waals surface area contributed by atoms with Crippen molar-refractivity contribution in [1.29, 1.82) is 0 Å². The number of esters is 1. The molecular formula is C24H31NO4. The molecule has 0 saturated carbocycles. The molecule has 0 spiro atoms. The largest absolute Gasteiger partial charge is 0.462 e. The molecule has 2 aromatic carbocycles.